The van der Waals surface area contributed by atoms with Gasteiger partial charge in [0.05, 0.1) is 3.79 Å². The van der Waals surface area contributed by atoms with Gasteiger partial charge in [-0.05, 0) is 53.9 Å². The molecule has 66 valence electrons. The Morgan fingerprint density at radius 1 is 1.50 bits per heavy atom. The summed E-state index contributed by atoms with van der Waals surface area (Å²) in [5, 5.41) is 3.30. The summed E-state index contributed by atoms with van der Waals surface area (Å²) < 4.78 is 1.26. The Hall–Kier alpha value is 0.140. The van der Waals surface area contributed by atoms with Gasteiger partial charge in [-0.15, -0.1) is 11.3 Å². The lowest BCUT2D eigenvalue weighted by Gasteiger charge is -2.34. The van der Waals surface area contributed by atoms with Crippen LogP contribution in [0.15, 0.2) is 15.9 Å². The van der Waals surface area contributed by atoms with Gasteiger partial charge in [0.15, 0.2) is 0 Å². The lowest BCUT2D eigenvalue weighted by Crippen LogP contribution is -2.37. The van der Waals surface area contributed by atoms with Crippen LogP contribution in [0.3, 0.4) is 0 Å². The number of hydrogen-bond donors (Lipinski definition) is 1. The van der Waals surface area contributed by atoms with Crippen LogP contribution in [-0.2, 0) is 0 Å². The summed E-state index contributed by atoms with van der Waals surface area (Å²) in [6.07, 6.45) is 2.62. The van der Waals surface area contributed by atoms with Crippen LogP contribution in [-0.4, -0.2) is 13.1 Å². The molecule has 0 amide bonds. The number of nitrogens with one attached hydrogen (secondary N) is 1. The van der Waals surface area contributed by atoms with Crippen LogP contribution in [0.5, 0.6) is 0 Å². The molecule has 2 rings (SSSR count). The number of rotatable bonds is 2. The minimum absolute atomic E-state index is 0.760. The van der Waals surface area contributed by atoms with E-state index < -0.39 is 0 Å². The minimum atomic E-state index is 0.760. The quantitative estimate of drug-likeness (QED) is 0.845. The van der Waals surface area contributed by atoms with Gasteiger partial charge in [-0.3, -0.25) is 0 Å². The second-order valence-corrected chi connectivity index (χ2v) is 5.79. The van der Waals surface area contributed by atoms with Gasteiger partial charge in [-0.2, -0.15) is 0 Å². The van der Waals surface area contributed by atoms with E-state index in [9.17, 15) is 0 Å². The zero-order chi connectivity index (χ0) is 8.55. The van der Waals surface area contributed by atoms with Crippen molar-refractivity contribution in [1.29, 1.82) is 0 Å². The molecule has 1 fully saturated rings. The second-order valence-electron chi connectivity index (χ2n) is 3.30. The molecule has 1 heterocycles. The maximum atomic E-state index is 3.49. The van der Waals surface area contributed by atoms with Crippen molar-refractivity contribution >= 4 is 27.3 Å². The predicted molar refractivity (Wildman–Crippen MR) is 56.8 cm³/mol. The van der Waals surface area contributed by atoms with Gasteiger partial charge in [0.25, 0.3) is 0 Å². The fraction of sp³-hybridized carbons (Fsp3) is 0.556. The lowest BCUT2D eigenvalue weighted by molar-refractivity contribution is 0.311. The summed E-state index contributed by atoms with van der Waals surface area (Å²) in [6.45, 7) is 0. The number of halogens is 1. The number of hydrogen-bond acceptors (Lipinski definition) is 2. The van der Waals surface area contributed by atoms with E-state index in [4.69, 9.17) is 0 Å². The Kier molecular flexibility index (Phi) is 2.53. The van der Waals surface area contributed by atoms with Crippen molar-refractivity contribution in [2.24, 2.45) is 0 Å². The molecule has 0 unspecified atom stereocenters. The molecule has 1 aromatic rings. The molecule has 0 radical (unpaired) electrons. The van der Waals surface area contributed by atoms with Gasteiger partial charge in [-0.25, -0.2) is 0 Å². The first-order chi connectivity index (χ1) is 5.79. The maximum absolute atomic E-state index is 3.49. The molecule has 0 saturated heterocycles. The Labute approximate surface area is 85.3 Å². The van der Waals surface area contributed by atoms with Gasteiger partial charge in [-0.1, -0.05) is 0 Å². The Morgan fingerprint density at radius 2 is 2.25 bits per heavy atom. The predicted octanol–water partition coefficient (Wildman–Crippen LogP) is 2.98. The van der Waals surface area contributed by atoms with Crippen molar-refractivity contribution in [1.82, 2.24) is 5.32 Å². The van der Waals surface area contributed by atoms with Crippen molar-refractivity contribution in [2.75, 3.05) is 7.05 Å². The van der Waals surface area contributed by atoms with Crippen LogP contribution < -0.4 is 5.32 Å². The average Bonchev–Trinajstić information content (AvgIpc) is 2.34. The normalized spacial score (nSPS) is 28.5. The Balaban J connectivity index is 1.96. The van der Waals surface area contributed by atoms with Crippen molar-refractivity contribution in [3.05, 3.63) is 20.8 Å². The molecule has 0 atom stereocenters. The molecule has 1 saturated carbocycles. The molecule has 0 spiro atoms. The van der Waals surface area contributed by atoms with Crippen LogP contribution in [0.2, 0.25) is 0 Å². The summed E-state index contributed by atoms with van der Waals surface area (Å²) in [7, 11) is 2.05. The highest BCUT2D eigenvalue weighted by atomic mass is 79.9. The van der Waals surface area contributed by atoms with Crippen LogP contribution in [0.1, 0.15) is 23.6 Å². The third kappa shape index (κ3) is 1.58. The Morgan fingerprint density at radius 3 is 2.75 bits per heavy atom. The van der Waals surface area contributed by atoms with Crippen molar-refractivity contribution in [3.8, 4) is 0 Å². The van der Waals surface area contributed by atoms with Crippen molar-refractivity contribution in [2.45, 2.75) is 24.8 Å². The van der Waals surface area contributed by atoms with E-state index in [1.54, 1.807) is 0 Å². The van der Waals surface area contributed by atoms with Crippen molar-refractivity contribution < 1.29 is 0 Å². The highest BCUT2D eigenvalue weighted by Crippen LogP contribution is 2.40. The van der Waals surface area contributed by atoms with Gasteiger partial charge in [0.2, 0.25) is 0 Å². The molecule has 0 aromatic carbocycles. The summed E-state index contributed by atoms with van der Waals surface area (Å²) in [4.78, 5) is 1.54. The summed E-state index contributed by atoms with van der Waals surface area (Å²) in [6, 6.07) is 5.15. The molecular weight excluding hydrogens is 234 g/mol. The van der Waals surface area contributed by atoms with Crippen LogP contribution in [0.25, 0.3) is 0 Å². The molecule has 1 N–H and O–H groups in total. The minimum Gasteiger partial charge on any atom is -0.317 e. The van der Waals surface area contributed by atoms with E-state index >= 15 is 0 Å². The molecule has 12 heavy (non-hydrogen) atoms. The van der Waals surface area contributed by atoms with Crippen LogP contribution >= 0.6 is 27.3 Å². The average molecular weight is 246 g/mol. The molecule has 0 aliphatic heterocycles. The van der Waals surface area contributed by atoms with Crippen LogP contribution in [0, 0.1) is 0 Å². The second kappa shape index (κ2) is 3.48. The SMILES string of the molecule is CNC1CC(c2ccc(Br)s2)C1. The Bertz CT molecular complexity index is 265. The molecule has 0 bridgehead atoms. The fourth-order valence-corrected chi connectivity index (χ4v) is 3.18. The highest BCUT2D eigenvalue weighted by Gasteiger charge is 2.29. The molecular formula is C9H12BrNS. The van der Waals surface area contributed by atoms with Gasteiger partial charge >= 0.3 is 0 Å². The van der Waals surface area contributed by atoms with E-state index in [1.165, 1.54) is 21.5 Å². The molecule has 1 nitrogen and oxygen atoms in total. The van der Waals surface area contributed by atoms with Gasteiger partial charge in [0, 0.05) is 10.9 Å². The van der Waals surface area contributed by atoms with E-state index in [2.05, 4.69) is 33.4 Å². The van der Waals surface area contributed by atoms with Gasteiger partial charge in [0.1, 0.15) is 0 Å². The molecule has 1 aromatic heterocycles. The zero-order valence-electron chi connectivity index (χ0n) is 7.01. The molecule has 1 aliphatic carbocycles. The van der Waals surface area contributed by atoms with Crippen LogP contribution in [0.4, 0.5) is 0 Å². The van der Waals surface area contributed by atoms with E-state index in [1.807, 2.05) is 18.4 Å². The summed E-state index contributed by atoms with van der Waals surface area (Å²) in [5.74, 6) is 0.818. The zero-order valence-corrected chi connectivity index (χ0v) is 9.41. The molecule has 1 aliphatic rings. The first-order valence-electron chi connectivity index (χ1n) is 4.22. The fourth-order valence-electron chi connectivity index (χ4n) is 1.63. The van der Waals surface area contributed by atoms with E-state index in [-0.39, 0.29) is 0 Å². The van der Waals surface area contributed by atoms with Gasteiger partial charge < -0.3 is 5.32 Å². The maximum Gasteiger partial charge on any atom is 0.0701 e. The smallest absolute Gasteiger partial charge is 0.0701 e. The summed E-state index contributed by atoms with van der Waals surface area (Å²) >= 11 is 5.36. The third-order valence-corrected chi connectivity index (χ3v) is 4.33. The topological polar surface area (TPSA) is 12.0 Å². The number of thiophene rings is 1. The van der Waals surface area contributed by atoms with E-state index in [0.717, 1.165) is 12.0 Å². The molecule has 3 heteroatoms. The first kappa shape index (κ1) is 8.73. The largest absolute Gasteiger partial charge is 0.317 e. The first-order valence-corrected chi connectivity index (χ1v) is 5.83. The lowest BCUT2D eigenvalue weighted by atomic mass is 9.79. The van der Waals surface area contributed by atoms with Crippen molar-refractivity contribution in [3.63, 3.8) is 0 Å². The third-order valence-electron chi connectivity index (χ3n) is 2.54. The standard InChI is InChI=1S/C9H12BrNS/c1-11-7-4-6(5-7)8-2-3-9(10)12-8/h2-3,6-7,11H,4-5H2,1H3. The van der Waals surface area contributed by atoms with E-state index in [0.29, 0.717) is 0 Å². The highest BCUT2D eigenvalue weighted by molar-refractivity contribution is 9.11. The monoisotopic (exact) mass is 245 g/mol. The summed E-state index contributed by atoms with van der Waals surface area (Å²) in [5.41, 5.74) is 0.